The second-order valence-electron chi connectivity index (χ2n) is 4.57. The molecule has 0 radical (unpaired) electrons. The van der Waals surface area contributed by atoms with Crippen molar-refractivity contribution in [3.63, 3.8) is 0 Å². The first-order valence-electron chi connectivity index (χ1n) is 6.60. The average Bonchev–Trinajstić information content (AvgIpc) is 2.80. The molecule has 2 rings (SSSR count). The topological polar surface area (TPSA) is 41.9 Å². The Kier molecular flexibility index (Phi) is 5.65. The smallest absolute Gasteiger partial charge is 0.367 e. The zero-order valence-corrected chi connectivity index (χ0v) is 13.2. The van der Waals surface area contributed by atoms with Gasteiger partial charge in [0, 0.05) is 30.5 Å². The van der Waals surface area contributed by atoms with Crippen molar-refractivity contribution in [2.45, 2.75) is 6.92 Å². The summed E-state index contributed by atoms with van der Waals surface area (Å²) in [6.45, 7) is 3.23. The van der Waals surface area contributed by atoms with Crippen molar-refractivity contribution >= 4 is 46.6 Å². The fraction of sp³-hybridized carbons (Fsp3) is 0.333. The van der Waals surface area contributed by atoms with E-state index in [1.165, 1.54) is 0 Å². The highest BCUT2D eigenvalue weighted by molar-refractivity contribution is 6.24. The van der Waals surface area contributed by atoms with Gasteiger partial charge in [0.25, 0.3) is 0 Å². The van der Waals surface area contributed by atoms with Gasteiger partial charge in [-0.05, 0) is 30.7 Å². The number of hydrogen-bond donors (Lipinski definition) is 0. The minimum Gasteiger partial charge on any atom is -0.369 e. The second kappa shape index (κ2) is 7.48. The van der Waals surface area contributed by atoms with E-state index in [1.54, 1.807) is 13.0 Å². The van der Waals surface area contributed by atoms with Crippen LogP contribution in [0.25, 0.3) is 6.08 Å². The number of rotatable bonds is 6. The van der Waals surface area contributed by atoms with E-state index in [0.717, 1.165) is 24.3 Å². The minimum absolute atomic E-state index is 0.414. The molecule has 21 heavy (non-hydrogen) atoms. The number of halogens is 2. The Morgan fingerprint density at radius 2 is 1.81 bits per heavy atom. The first-order chi connectivity index (χ1) is 10.2. The van der Waals surface area contributed by atoms with Crippen LogP contribution in [0.5, 0.6) is 0 Å². The summed E-state index contributed by atoms with van der Waals surface area (Å²) in [5.74, 6) is 0.677. The van der Waals surface area contributed by atoms with Crippen LogP contribution in [0, 0.1) is 0 Å². The molecule has 0 atom stereocenters. The van der Waals surface area contributed by atoms with Gasteiger partial charge in [-0.25, -0.2) is 4.79 Å². The molecule has 1 aliphatic heterocycles. The van der Waals surface area contributed by atoms with E-state index in [2.05, 4.69) is 14.9 Å². The fourth-order valence-electron chi connectivity index (χ4n) is 2.04. The molecule has 112 valence electrons. The molecule has 0 spiro atoms. The zero-order valence-electron chi connectivity index (χ0n) is 11.7. The molecule has 1 aliphatic rings. The Morgan fingerprint density at radius 3 is 2.29 bits per heavy atom. The summed E-state index contributed by atoms with van der Waals surface area (Å²) < 4.78 is 0. The SMILES string of the molecule is CC1=NOC(=O)C1=Cc1ccc(N(CCCl)CCCl)cc1. The summed E-state index contributed by atoms with van der Waals surface area (Å²) in [4.78, 5) is 18.2. The Bertz CT molecular complexity index is 562. The quantitative estimate of drug-likeness (QED) is 0.457. The van der Waals surface area contributed by atoms with Crippen LogP contribution < -0.4 is 4.90 Å². The number of alkyl halides is 2. The molecular formula is C15H16Cl2N2O2. The van der Waals surface area contributed by atoms with Crippen molar-refractivity contribution < 1.29 is 9.63 Å². The molecule has 0 aromatic heterocycles. The Hall–Kier alpha value is -1.52. The van der Waals surface area contributed by atoms with Gasteiger partial charge in [-0.2, -0.15) is 0 Å². The lowest BCUT2D eigenvalue weighted by molar-refractivity contribution is -0.136. The highest BCUT2D eigenvalue weighted by Gasteiger charge is 2.21. The maximum Gasteiger partial charge on any atom is 0.367 e. The van der Waals surface area contributed by atoms with Gasteiger partial charge in [0.2, 0.25) is 0 Å². The van der Waals surface area contributed by atoms with Crippen LogP contribution in [0.4, 0.5) is 5.69 Å². The molecule has 0 unspecified atom stereocenters. The predicted octanol–water partition coefficient (Wildman–Crippen LogP) is 3.29. The van der Waals surface area contributed by atoms with E-state index in [-0.39, 0.29) is 0 Å². The van der Waals surface area contributed by atoms with Crippen LogP contribution >= 0.6 is 23.2 Å². The Labute approximate surface area is 134 Å². The third-order valence-electron chi connectivity index (χ3n) is 3.15. The molecule has 0 aliphatic carbocycles. The maximum absolute atomic E-state index is 11.5. The highest BCUT2D eigenvalue weighted by atomic mass is 35.5. The summed E-state index contributed by atoms with van der Waals surface area (Å²) in [6.07, 6.45) is 1.77. The molecule has 1 aromatic rings. The third-order valence-corrected chi connectivity index (χ3v) is 3.49. The molecule has 6 heteroatoms. The number of carbonyl (C=O) groups is 1. The zero-order chi connectivity index (χ0) is 15.2. The summed E-state index contributed by atoms with van der Waals surface area (Å²) in [6, 6.07) is 7.85. The lowest BCUT2D eigenvalue weighted by atomic mass is 10.1. The molecule has 0 saturated heterocycles. The monoisotopic (exact) mass is 326 g/mol. The molecule has 0 fully saturated rings. The van der Waals surface area contributed by atoms with Gasteiger partial charge >= 0.3 is 5.97 Å². The predicted molar refractivity (Wildman–Crippen MR) is 87.3 cm³/mol. The van der Waals surface area contributed by atoms with Gasteiger partial charge in [0.05, 0.1) is 11.3 Å². The third kappa shape index (κ3) is 3.99. The first kappa shape index (κ1) is 15.9. The molecular weight excluding hydrogens is 311 g/mol. The fourth-order valence-corrected chi connectivity index (χ4v) is 2.45. The second-order valence-corrected chi connectivity index (χ2v) is 5.33. The van der Waals surface area contributed by atoms with Gasteiger partial charge in [0.15, 0.2) is 0 Å². The average molecular weight is 327 g/mol. The van der Waals surface area contributed by atoms with Crippen LogP contribution in [0.2, 0.25) is 0 Å². The summed E-state index contributed by atoms with van der Waals surface area (Å²) >= 11 is 11.6. The number of oxime groups is 1. The molecule has 0 bridgehead atoms. The maximum atomic E-state index is 11.5. The summed E-state index contributed by atoms with van der Waals surface area (Å²) in [7, 11) is 0. The van der Waals surface area contributed by atoms with Gasteiger partial charge in [-0.3, -0.25) is 0 Å². The molecule has 1 heterocycles. The van der Waals surface area contributed by atoms with Crippen molar-refractivity contribution in [1.29, 1.82) is 0 Å². The van der Waals surface area contributed by atoms with Crippen LogP contribution in [-0.4, -0.2) is 36.5 Å². The molecule has 1 aromatic carbocycles. The van der Waals surface area contributed by atoms with Gasteiger partial charge in [-0.15, -0.1) is 23.2 Å². The van der Waals surface area contributed by atoms with Gasteiger partial charge in [-0.1, -0.05) is 17.3 Å². The van der Waals surface area contributed by atoms with Gasteiger partial charge in [0.1, 0.15) is 0 Å². The number of nitrogens with zero attached hydrogens (tertiary/aromatic N) is 2. The standard InChI is InChI=1S/C15H16Cl2N2O2/c1-11-14(15(20)21-18-11)10-12-2-4-13(5-3-12)19(8-6-16)9-7-17/h2-5,10H,6-9H2,1H3. The summed E-state index contributed by atoms with van der Waals surface area (Å²) in [5, 5.41) is 3.65. The van der Waals surface area contributed by atoms with E-state index >= 15 is 0 Å². The van der Waals surface area contributed by atoms with Crippen molar-refractivity contribution in [2.75, 3.05) is 29.7 Å². The number of carbonyl (C=O) groups excluding carboxylic acids is 1. The van der Waals surface area contributed by atoms with Crippen LogP contribution in [-0.2, 0) is 9.63 Å². The summed E-state index contributed by atoms with van der Waals surface area (Å²) in [5.41, 5.74) is 3.05. The number of anilines is 1. The van der Waals surface area contributed by atoms with Crippen molar-refractivity contribution in [2.24, 2.45) is 5.16 Å². The van der Waals surface area contributed by atoms with Gasteiger partial charge < -0.3 is 9.74 Å². The number of benzene rings is 1. The van der Waals surface area contributed by atoms with E-state index in [0.29, 0.717) is 23.0 Å². The number of hydrogen-bond acceptors (Lipinski definition) is 4. The lowest BCUT2D eigenvalue weighted by Crippen LogP contribution is -2.27. The van der Waals surface area contributed by atoms with Crippen LogP contribution in [0.3, 0.4) is 0 Å². The van der Waals surface area contributed by atoms with E-state index < -0.39 is 5.97 Å². The van der Waals surface area contributed by atoms with E-state index in [4.69, 9.17) is 23.2 Å². The molecule has 0 amide bonds. The highest BCUT2D eigenvalue weighted by Crippen LogP contribution is 2.19. The molecule has 4 nitrogen and oxygen atoms in total. The van der Waals surface area contributed by atoms with Crippen molar-refractivity contribution in [3.05, 3.63) is 35.4 Å². The van der Waals surface area contributed by atoms with Crippen LogP contribution in [0.1, 0.15) is 12.5 Å². The Morgan fingerprint density at radius 1 is 1.19 bits per heavy atom. The van der Waals surface area contributed by atoms with Crippen LogP contribution in [0.15, 0.2) is 35.0 Å². The Balaban J connectivity index is 2.17. The normalized spacial score (nSPS) is 16.0. The van der Waals surface area contributed by atoms with E-state index in [1.807, 2.05) is 24.3 Å². The van der Waals surface area contributed by atoms with E-state index in [9.17, 15) is 4.79 Å². The largest absolute Gasteiger partial charge is 0.369 e. The molecule has 0 N–H and O–H groups in total. The van der Waals surface area contributed by atoms with Crippen molar-refractivity contribution in [3.8, 4) is 0 Å². The molecule has 0 saturated carbocycles. The lowest BCUT2D eigenvalue weighted by Gasteiger charge is -2.22. The van der Waals surface area contributed by atoms with Crippen molar-refractivity contribution in [1.82, 2.24) is 0 Å². The minimum atomic E-state index is -0.414. The first-order valence-corrected chi connectivity index (χ1v) is 7.67.